The third kappa shape index (κ3) is 4.18. The fourth-order valence-electron chi connectivity index (χ4n) is 4.55. The van der Waals surface area contributed by atoms with Gasteiger partial charge < -0.3 is 9.64 Å². The summed E-state index contributed by atoms with van der Waals surface area (Å²) in [5, 5.41) is 2.99. The van der Waals surface area contributed by atoms with E-state index in [0.29, 0.717) is 18.1 Å². The number of hydrogen-bond donors (Lipinski definition) is 0. The van der Waals surface area contributed by atoms with Gasteiger partial charge in [0.05, 0.1) is 6.54 Å². The molecule has 1 aliphatic rings. The number of amides is 1. The minimum absolute atomic E-state index is 0.0435. The van der Waals surface area contributed by atoms with Crippen LogP contribution in [-0.2, 0) is 11.4 Å². The molecule has 0 saturated carbocycles. The zero-order valence-corrected chi connectivity index (χ0v) is 18.8. The Hall–Kier alpha value is -3.74. The number of nitrogens with zero attached hydrogens (tertiary/aromatic N) is 1. The highest BCUT2D eigenvalue weighted by molar-refractivity contribution is 6.30. The number of carbonyl (C=O) groups is 1. The van der Waals surface area contributed by atoms with Gasteiger partial charge in [-0.3, -0.25) is 4.79 Å². The van der Waals surface area contributed by atoms with E-state index in [0.717, 1.165) is 38.9 Å². The lowest BCUT2D eigenvalue weighted by Gasteiger charge is -2.34. The lowest BCUT2D eigenvalue weighted by atomic mass is 9.81. The van der Waals surface area contributed by atoms with Crippen LogP contribution >= 0.6 is 11.6 Å². The minimum atomic E-state index is -0.0467. The summed E-state index contributed by atoms with van der Waals surface area (Å²) in [6, 6.07) is 28.0. The summed E-state index contributed by atoms with van der Waals surface area (Å²) >= 11 is 6.06. The van der Waals surface area contributed by atoms with Gasteiger partial charge in [-0.05, 0) is 57.8 Å². The maximum atomic E-state index is 13.0. The monoisotopic (exact) mass is 451 g/mol. The van der Waals surface area contributed by atoms with E-state index in [4.69, 9.17) is 22.8 Å². The van der Waals surface area contributed by atoms with Crippen LogP contribution in [0.5, 0.6) is 5.75 Å². The molecule has 4 heteroatoms. The zero-order valence-electron chi connectivity index (χ0n) is 18.0. The van der Waals surface area contributed by atoms with Crippen molar-refractivity contribution in [2.24, 2.45) is 0 Å². The Bertz CT molecular complexity index is 1370. The number of anilines is 1. The molecule has 0 fully saturated rings. The van der Waals surface area contributed by atoms with Gasteiger partial charge in [0.15, 0.2) is 0 Å². The second-order valence-corrected chi connectivity index (χ2v) is 8.58. The van der Waals surface area contributed by atoms with Gasteiger partial charge in [0.2, 0.25) is 5.91 Å². The van der Waals surface area contributed by atoms with Crippen molar-refractivity contribution in [3.8, 4) is 18.1 Å². The Morgan fingerprint density at radius 1 is 1.00 bits per heavy atom. The highest BCUT2D eigenvalue weighted by Crippen LogP contribution is 2.44. The molecule has 0 aliphatic carbocycles. The van der Waals surface area contributed by atoms with Crippen LogP contribution in [0, 0.1) is 12.3 Å². The maximum absolute atomic E-state index is 13.0. The molecule has 4 aromatic rings. The molecule has 0 spiro atoms. The maximum Gasteiger partial charge on any atom is 0.228 e. The Labute approximate surface area is 198 Å². The predicted molar refractivity (Wildman–Crippen MR) is 134 cm³/mol. The molecule has 0 bridgehead atoms. The van der Waals surface area contributed by atoms with Crippen LogP contribution in [-0.4, -0.2) is 12.5 Å². The van der Waals surface area contributed by atoms with Crippen LogP contribution in [0.1, 0.15) is 29.0 Å². The van der Waals surface area contributed by atoms with Crippen molar-refractivity contribution in [3.63, 3.8) is 0 Å². The first-order chi connectivity index (χ1) is 16.1. The van der Waals surface area contributed by atoms with Gasteiger partial charge >= 0.3 is 0 Å². The van der Waals surface area contributed by atoms with E-state index in [9.17, 15) is 4.79 Å². The summed E-state index contributed by atoms with van der Waals surface area (Å²) in [6.45, 7) is 0.712. The van der Waals surface area contributed by atoms with E-state index >= 15 is 0 Å². The van der Waals surface area contributed by atoms with Crippen LogP contribution in [0.2, 0.25) is 5.02 Å². The van der Waals surface area contributed by atoms with Crippen LogP contribution < -0.4 is 9.64 Å². The van der Waals surface area contributed by atoms with Crippen molar-refractivity contribution >= 4 is 34.0 Å². The summed E-state index contributed by atoms with van der Waals surface area (Å²) in [4.78, 5) is 14.7. The molecular weight excluding hydrogens is 430 g/mol. The predicted octanol–water partition coefficient (Wildman–Crippen LogP) is 6.57. The van der Waals surface area contributed by atoms with Gasteiger partial charge in [-0.25, -0.2) is 0 Å². The van der Waals surface area contributed by atoms with Gasteiger partial charge in [0.1, 0.15) is 12.4 Å². The fraction of sp³-hybridized carbons (Fsp3) is 0.138. The number of hydrogen-bond acceptors (Lipinski definition) is 2. The van der Waals surface area contributed by atoms with Crippen LogP contribution in [0.25, 0.3) is 10.8 Å². The van der Waals surface area contributed by atoms with E-state index in [2.05, 4.69) is 24.1 Å². The number of carbonyl (C=O) groups excluding carboxylic acids is 1. The average molecular weight is 452 g/mol. The summed E-state index contributed by atoms with van der Waals surface area (Å²) in [6.07, 6.45) is 5.95. The third-order valence-electron chi connectivity index (χ3n) is 6.09. The third-order valence-corrected chi connectivity index (χ3v) is 6.33. The first kappa shape index (κ1) is 21.1. The van der Waals surface area contributed by atoms with Crippen molar-refractivity contribution in [3.05, 3.63) is 107 Å². The quantitative estimate of drug-likeness (QED) is 0.321. The molecule has 0 N–H and O–H groups in total. The summed E-state index contributed by atoms with van der Waals surface area (Å²) in [5.74, 6) is 3.40. The lowest BCUT2D eigenvalue weighted by molar-refractivity contribution is -0.119. The molecule has 3 nitrogen and oxygen atoms in total. The first-order valence-electron chi connectivity index (χ1n) is 10.9. The molecule has 1 atom stereocenters. The standard InChI is InChI=1S/C29H22ClNO2/c1-2-16-31-27-15-12-21-7-3-4-9-25(21)29(27)26(18-28(31)32)22-10-13-24(14-11-22)33-19-20-6-5-8-23(30)17-20/h1,3-15,17,26H,16,18-19H2. The SMILES string of the molecule is C#CCN1C(=O)CC(c2ccc(OCc3cccc(Cl)c3)cc2)c2c1ccc1ccccc21. The molecule has 33 heavy (non-hydrogen) atoms. The van der Waals surface area contributed by atoms with Gasteiger partial charge in [0, 0.05) is 23.0 Å². The lowest BCUT2D eigenvalue weighted by Crippen LogP contribution is -2.37. The van der Waals surface area contributed by atoms with Crippen LogP contribution in [0.4, 0.5) is 5.69 Å². The first-order valence-corrected chi connectivity index (χ1v) is 11.2. The summed E-state index contributed by atoms with van der Waals surface area (Å²) in [7, 11) is 0. The molecule has 1 amide bonds. The molecule has 5 rings (SSSR count). The number of ether oxygens (including phenoxy) is 1. The Morgan fingerprint density at radius 2 is 1.82 bits per heavy atom. The number of terminal acetylenes is 1. The minimum Gasteiger partial charge on any atom is -0.489 e. The molecule has 0 radical (unpaired) electrons. The zero-order chi connectivity index (χ0) is 22.8. The number of halogens is 1. The van der Waals surface area contributed by atoms with Crippen LogP contribution in [0.3, 0.4) is 0 Å². The molecule has 1 heterocycles. The topological polar surface area (TPSA) is 29.5 Å². The molecule has 0 aromatic heterocycles. The van der Waals surface area contributed by atoms with E-state index in [1.807, 2.05) is 66.7 Å². The largest absolute Gasteiger partial charge is 0.489 e. The number of fused-ring (bicyclic) bond motifs is 3. The highest BCUT2D eigenvalue weighted by Gasteiger charge is 2.33. The van der Waals surface area contributed by atoms with Crippen molar-refractivity contribution in [1.82, 2.24) is 0 Å². The van der Waals surface area contributed by atoms with Crippen molar-refractivity contribution in [2.75, 3.05) is 11.4 Å². The van der Waals surface area contributed by atoms with Gasteiger partial charge in [0.25, 0.3) is 0 Å². The van der Waals surface area contributed by atoms with Gasteiger partial charge in [-0.15, -0.1) is 6.42 Å². The van der Waals surface area contributed by atoms with Crippen molar-refractivity contribution in [2.45, 2.75) is 18.9 Å². The number of rotatable bonds is 5. The molecule has 1 aliphatic heterocycles. The number of benzene rings is 4. The van der Waals surface area contributed by atoms with E-state index in [1.54, 1.807) is 4.90 Å². The fourth-order valence-corrected chi connectivity index (χ4v) is 4.76. The van der Waals surface area contributed by atoms with Gasteiger partial charge in [-0.1, -0.05) is 72.1 Å². The van der Waals surface area contributed by atoms with Crippen molar-refractivity contribution in [1.29, 1.82) is 0 Å². The van der Waals surface area contributed by atoms with Crippen LogP contribution in [0.15, 0.2) is 84.9 Å². The highest BCUT2D eigenvalue weighted by atomic mass is 35.5. The van der Waals surface area contributed by atoms with E-state index in [1.165, 1.54) is 0 Å². The summed E-state index contributed by atoms with van der Waals surface area (Å²) < 4.78 is 5.94. The Kier molecular flexibility index (Phi) is 5.77. The molecule has 1 unspecified atom stereocenters. The molecule has 162 valence electrons. The van der Waals surface area contributed by atoms with E-state index in [-0.39, 0.29) is 18.4 Å². The smallest absolute Gasteiger partial charge is 0.228 e. The molecule has 0 saturated heterocycles. The van der Waals surface area contributed by atoms with E-state index < -0.39 is 0 Å². The molecule has 4 aromatic carbocycles. The summed E-state index contributed by atoms with van der Waals surface area (Å²) in [5.41, 5.74) is 4.14. The average Bonchev–Trinajstić information content (AvgIpc) is 2.84. The Balaban J connectivity index is 1.48. The normalized spacial score (nSPS) is 15.2. The second-order valence-electron chi connectivity index (χ2n) is 8.15. The second kappa shape index (κ2) is 9.02. The molecular formula is C29H22ClNO2. The van der Waals surface area contributed by atoms with Gasteiger partial charge in [-0.2, -0.15) is 0 Å². The Morgan fingerprint density at radius 3 is 2.61 bits per heavy atom. The van der Waals surface area contributed by atoms with Crippen molar-refractivity contribution < 1.29 is 9.53 Å².